The van der Waals surface area contributed by atoms with Crippen LogP contribution < -0.4 is 20.3 Å². The van der Waals surface area contributed by atoms with E-state index in [0.717, 1.165) is 30.5 Å². The Kier molecular flexibility index (Phi) is 7.35. The topological polar surface area (TPSA) is 116 Å². The summed E-state index contributed by atoms with van der Waals surface area (Å²) in [6.07, 6.45) is 2.58. The van der Waals surface area contributed by atoms with Crippen LogP contribution in [0.25, 0.3) is 10.2 Å². The van der Waals surface area contributed by atoms with Crippen LogP contribution >= 0.6 is 11.3 Å². The molecule has 0 radical (unpaired) electrons. The molecule has 2 aromatic heterocycles. The number of amides is 3. The Labute approximate surface area is 235 Å². The fraction of sp³-hybridized carbons (Fsp3) is 0.276. The zero-order valence-corrected chi connectivity index (χ0v) is 22.7. The van der Waals surface area contributed by atoms with Crippen LogP contribution in [0.2, 0.25) is 0 Å². The number of likely N-dealkylation sites (tertiary alicyclic amines) is 1. The van der Waals surface area contributed by atoms with E-state index in [9.17, 15) is 14.7 Å². The number of benzene rings is 2. The highest BCUT2D eigenvalue weighted by Crippen LogP contribution is 2.45. The van der Waals surface area contributed by atoms with E-state index in [4.69, 9.17) is 9.47 Å². The second-order valence-electron chi connectivity index (χ2n) is 9.73. The van der Waals surface area contributed by atoms with Gasteiger partial charge in [0, 0.05) is 32.4 Å². The highest BCUT2D eigenvalue weighted by atomic mass is 32.1. The fourth-order valence-corrected chi connectivity index (χ4v) is 6.21. The molecule has 2 aliphatic heterocycles. The summed E-state index contributed by atoms with van der Waals surface area (Å²) in [5, 5.41) is 17.1. The van der Waals surface area contributed by atoms with Gasteiger partial charge in [-0.1, -0.05) is 18.2 Å². The van der Waals surface area contributed by atoms with Crippen molar-refractivity contribution in [2.75, 3.05) is 37.0 Å². The maximum Gasteiger partial charge on any atom is 0.331 e. The lowest BCUT2D eigenvalue weighted by Crippen LogP contribution is -2.52. The molecule has 4 heterocycles. The first-order valence-electron chi connectivity index (χ1n) is 13.1. The van der Waals surface area contributed by atoms with E-state index in [1.54, 1.807) is 24.3 Å². The predicted octanol–water partition coefficient (Wildman–Crippen LogP) is 4.93. The molecule has 4 aromatic rings. The number of rotatable bonds is 8. The van der Waals surface area contributed by atoms with Gasteiger partial charge in [0.1, 0.15) is 27.4 Å². The maximum absolute atomic E-state index is 13.4. The number of nitrogens with one attached hydrogen (secondary N) is 2. The number of aliphatic hydroxyl groups excluding tert-OH is 1. The summed E-state index contributed by atoms with van der Waals surface area (Å²) in [4.78, 5) is 35.9. The zero-order valence-electron chi connectivity index (χ0n) is 21.9. The van der Waals surface area contributed by atoms with Crippen molar-refractivity contribution in [2.45, 2.75) is 25.1 Å². The van der Waals surface area contributed by atoms with Gasteiger partial charge in [-0.25, -0.2) is 9.78 Å². The van der Waals surface area contributed by atoms with Crippen LogP contribution in [-0.2, 0) is 4.74 Å². The monoisotopic (exact) mass is 559 g/mol. The number of carbonyl (C=O) groups is 2. The lowest BCUT2D eigenvalue weighted by Gasteiger charge is -2.35. The highest BCUT2D eigenvalue weighted by Gasteiger charge is 2.34. The van der Waals surface area contributed by atoms with Crippen LogP contribution in [0.1, 0.15) is 22.5 Å². The average Bonchev–Trinajstić information content (AvgIpc) is 3.34. The minimum atomic E-state index is -0.716. The molecule has 0 bridgehead atoms. The maximum atomic E-state index is 13.4. The Morgan fingerprint density at radius 2 is 1.95 bits per heavy atom. The molecule has 3 amide bonds. The van der Waals surface area contributed by atoms with Crippen LogP contribution in [-0.4, -0.2) is 66.0 Å². The summed E-state index contributed by atoms with van der Waals surface area (Å²) in [6, 6.07) is 18.0. The molecule has 40 heavy (non-hydrogen) atoms. The van der Waals surface area contributed by atoms with E-state index < -0.39 is 6.23 Å². The number of pyridine rings is 1. The average molecular weight is 560 g/mol. The number of carbonyl (C=O) groups excluding carboxylic acids is 2. The van der Waals surface area contributed by atoms with Crippen LogP contribution in [0.4, 0.5) is 21.9 Å². The molecule has 2 aliphatic rings. The first-order valence-corrected chi connectivity index (χ1v) is 13.9. The van der Waals surface area contributed by atoms with Crippen molar-refractivity contribution in [3.05, 3.63) is 71.7 Å². The van der Waals surface area contributed by atoms with E-state index in [0.29, 0.717) is 39.1 Å². The first-order chi connectivity index (χ1) is 19.5. The minimum Gasteiger partial charge on any atom is -0.457 e. The number of piperidine rings is 1. The van der Waals surface area contributed by atoms with E-state index >= 15 is 0 Å². The number of anilines is 3. The summed E-state index contributed by atoms with van der Waals surface area (Å²) in [5.41, 5.74) is 1.78. The Hall–Kier alpha value is -4.03. The molecule has 2 atom stereocenters. The van der Waals surface area contributed by atoms with Crippen molar-refractivity contribution >= 4 is 50.6 Å². The van der Waals surface area contributed by atoms with Crippen molar-refractivity contribution in [1.82, 2.24) is 15.2 Å². The van der Waals surface area contributed by atoms with Crippen molar-refractivity contribution in [1.29, 1.82) is 0 Å². The normalized spacial score (nSPS) is 17.9. The van der Waals surface area contributed by atoms with Gasteiger partial charge in [0.2, 0.25) is 0 Å². The third kappa shape index (κ3) is 5.11. The third-order valence-electron chi connectivity index (χ3n) is 7.05. The molecule has 0 saturated carbocycles. The summed E-state index contributed by atoms with van der Waals surface area (Å²) in [6.45, 7) is 1.47. The zero-order chi connectivity index (χ0) is 27.6. The number of aromatic nitrogens is 1. The van der Waals surface area contributed by atoms with Gasteiger partial charge < -0.3 is 25.2 Å². The van der Waals surface area contributed by atoms with Gasteiger partial charge in [-0.15, -0.1) is 11.3 Å². The van der Waals surface area contributed by atoms with Crippen LogP contribution in [0.15, 0.2) is 66.9 Å². The number of para-hydroxylation sites is 1. The molecule has 10 nitrogen and oxygen atoms in total. The lowest BCUT2D eigenvalue weighted by atomic mass is 10.1. The fourth-order valence-electron chi connectivity index (χ4n) is 5.19. The molecular weight excluding hydrogens is 530 g/mol. The van der Waals surface area contributed by atoms with E-state index in [1.807, 2.05) is 59.5 Å². The first kappa shape index (κ1) is 26.2. The Balaban J connectivity index is 1.24. The molecule has 11 heteroatoms. The summed E-state index contributed by atoms with van der Waals surface area (Å²) >= 11 is 1.25. The van der Waals surface area contributed by atoms with Crippen LogP contribution in [0, 0.1) is 0 Å². The van der Waals surface area contributed by atoms with Crippen LogP contribution in [0.3, 0.4) is 0 Å². The highest BCUT2D eigenvalue weighted by molar-refractivity contribution is 7.21. The second kappa shape index (κ2) is 11.2. The number of methoxy groups -OCH3 is 1. The van der Waals surface area contributed by atoms with Gasteiger partial charge in [0.05, 0.1) is 29.1 Å². The molecule has 0 spiro atoms. The summed E-state index contributed by atoms with van der Waals surface area (Å²) < 4.78 is 11.0. The molecule has 0 aliphatic carbocycles. The Bertz CT molecular complexity index is 1530. The molecule has 206 valence electrons. The molecule has 1 unspecified atom stereocenters. The van der Waals surface area contributed by atoms with Gasteiger partial charge in [-0.2, -0.15) is 0 Å². The SMILES string of the molecule is COCC(O)N1CCC[C@@H](NC(=O)c2sc3nccc4c3c2NC(=O)N4c2ccc(Oc3ccccc3)cc2)C1. The molecule has 1 fully saturated rings. The largest absolute Gasteiger partial charge is 0.457 e. The van der Waals surface area contributed by atoms with Gasteiger partial charge in [0.25, 0.3) is 5.91 Å². The van der Waals surface area contributed by atoms with Crippen LogP contribution in [0.5, 0.6) is 11.5 Å². The standard InChI is InChI=1S/C29H29N5O5S/c1-38-17-23(35)33-15-5-6-18(16-33)31-27(36)26-25-24-22(13-14-30-28(24)40-26)34(29(37)32-25)19-9-11-21(12-10-19)39-20-7-3-2-4-8-20/h2-4,7-14,18,23,35H,5-6,15-17H2,1H3,(H,31,36)(H,32,37)/t18-,23?/m1/s1. The van der Waals surface area contributed by atoms with Gasteiger partial charge in [0.15, 0.2) is 0 Å². The smallest absolute Gasteiger partial charge is 0.331 e. The van der Waals surface area contributed by atoms with Crippen molar-refractivity contribution < 1.29 is 24.2 Å². The summed E-state index contributed by atoms with van der Waals surface area (Å²) in [5.74, 6) is 1.11. The van der Waals surface area contributed by atoms with Crippen molar-refractivity contribution in [2.24, 2.45) is 0 Å². The molecule has 2 aromatic carbocycles. The van der Waals surface area contributed by atoms with Gasteiger partial charge >= 0.3 is 6.03 Å². The number of hydrogen-bond acceptors (Lipinski definition) is 8. The van der Waals surface area contributed by atoms with Gasteiger partial charge in [-0.3, -0.25) is 14.6 Å². The molecule has 3 N–H and O–H groups in total. The number of ether oxygens (including phenoxy) is 2. The number of thiophene rings is 1. The van der Waals surface area contributed by atoms with E-state index in [1.165, 1.54) is 11.3 Å². The second-order valence-corrected chi connectivity index (χ2v) is 10.7. The van der Waals surface area contributed by atoms with E-state index in [-0.39, 0.29) is 24.6 Å². The molecule has 6 rings (SSSR count). The number of nitrogens with zero attached hydrogens (tertiary/aromatic N) is 3. The number of hydrogen-bond donors (Lipinski definition) is 3. The van der Waals surface area contributed by atoms with Crippen molar-refractivity contribution in [3.8, 4) is 11.5 Å². The lowest BCUT2D eigenvalue weighted by molar-refractivity contribution is -0.0588. The quantitative estimate of drug-likeness (QED) is 0.280. The molecular formula is C29H29N5O5S. The van der Waals surface area contributed by atoms with Crippen molar-refractivity contribution in [3.63, 3.8) is 0 Å². The number of aliphatic hydroxyl groups is 1. The third-order valence-corrected chi connectivity index (χ3v) is 8.15. The molecule has 1 saturated heterocycles. The minimum absolute atomic E-state index is 0.134. The Morgan fingerprint density at radius 3 is 2.73 bits per heavy atom. The Morgan fingerprint density at radius 1 is 1.18 bits per heavy atom. The van der Waals surface area contributed by atoms with E-state index in [2.05, 4.69) is 15.6 Å². The summed E-state index contributed by atoms with van der Waals surface area (Å²) in [7, 11) is 1.55. The number of urea groups is 1. The predicted molar refractivity (Wildman–Crippen MR) is 154 cm³/mol. The van der Waals surface area contributed by atoms with Gasteiger partial charge in [-0.05, 0) is 55.3 Å².